The minimum atomic E-state index is -0.0680. The summed E-state index contributed by atoms with van der Waals surface area (Å²) in [6.07, 6.45) is 2.20. The van der Waals surface area contributed by atoms with Crippen LogP contribution in [0.3, 0.4) is 0 Å². The van der Waals surface area contributed by atoms with Crippen LogP contribution < -0.4 is 10.6 Å². The predicted molar refractivity (Wildman–Crippen MR) is 73.0 cm³/mol. The number of aromatic nitrogens is 1. The first-order valence-electron chi connectivity index (χ1n) is 6.41. The first-order chi connectivity index (χ1) is 8.40. The summed E-state index contributed by atoms with van der Waals surface area (Å²) < 4.78 is 0. The molecule has 1 aromatic rings. The maximum Gasteiger partial charge on any atom is 0.251 e. The Morgan fingerprint density at radius 2 is 2.00 bits per heavy atom. The van der Waals surface area contributed by atoms with Crippen LogP contribution in [0.1, 0.15) is 49.7 Å². The van der Waals surface area contributed by atoms with Crippen LogP contribution >= 0.6 is 0 Å². The quantitative estimate of drug-likeness (QED) is 0.861. The van der Waals surface area contributed by atoms with Gasteiger partial charge in [-0.2, -0.15) is 0 Å². The lowest BCUT2D eigenvalue weighted by atomic mass is 9.90. The van der Waals surface area contributed by atoms with E-state index in [2.05, 4.69) is 36.4 Å². The van der Waals surface area contributed by atoms with Crippen molar-refractivity contribution in [3.63, 3.8) is 0 Å². The van der Waals surface area contributed by atoms with Crippen LogP contribution in [0, 0.1) is 0 Å². The van der Waals surface area contributed by atoms with Crippen LogP contribution in [0.4, 0.5) is 5.82 Å². The minimum Gasteiger partial charge on any atom is -0.373 e. The number of hydrogen-bond acceptors (Lipinski definition) is 3. The van der Waals surface area contributed by atoms with Crippen LogP contribution in [-0.4, -0.2) is 24.0 Å². The molecule has 1 saturated carbocycles. The van der Waals surface area contributed by atoms with Crippen molar-refractivity contribution in [2.45, 2.75) is 45.1 Å². The zero-order chi connectivity index (χ0) is 13.3. The number of amides is 1. The van der Waals surface area contributed by atoms with Gasteiger partial charge in [0.25, 0.3) is 5.91 Å². The predicted octanol–water partition coefficient (Wildman–Crippen LogP) is 2.31. The van der Waals surface area contributed by atoms with Crippen molar-refractivity contribution in [3.8, 4) is 0 Å². The Kier molecular flexibility index (Phi) is 3.28. The Morgan fingerprint density at radius 1 is 1.33 bits per heavy atom. The topological polar surface area (TPSA) is 54.0 Å². The molecule has 0 unspecified atom stereocenters. The molecule has 0 bridgehead atoms. The SMILES string of the molecule is CNc1cc(C(=O)NC2CC2)cc(C(C)(C)C)n1. The van der Waals surface area contributed by atoms with E-state index < -0.39 is 0 Å². The molecule has 1 aliphatic rings. The van der Waals surface area contributed by atoms with Gasteiger partial charge >= 0.3 is 0 Å². The van der Waals surface area contributed by atoms with Crippen molar-refractivity contribution in [2.75, 3.05) is 12.4 Å². The van der Waals surface area contributed by atoms with E-state index in [1.807, 2.05) is 13.1 Å². The van der Waals surface area contributed by atoms with Crippen LogP contribution in [0.2, 0.25) is 0 Å². The third kappa shape index (κ3) is 3.00. The largest absolute Gasteiger partial charge is 0.373 e. The zero-order valence-corrected chi connectivity index (χ0v) is 11.5. The van der Waals surface area contributed by atoms with Crippen molar-refractivity contribution < 1.29 is 4.79 Å². The number of nitrogens with zero attached hydrogens (tertiary/aromatic N) is 1. The molecule has 2 rings (SSSR count). The molecule has 0 aliphatic heterocycles. The first kappa shape index (κ1) is 12.9. The number of carbonyl (C=O) groups excluding carboxylic acids is 1. The normalized spacial score (nSPS) is 15.3. The molecule has 1 amide bonds. The minimum absolute atomic E-state index is 0.00176. The fourth-order valence-electron chi connectivity index (χ4n) is 1.67. The lowest BCUT2D eigenvalue weighted by Gasteiger charge is -2.19. The third-order valence-electron chi connectivity index (χ3n) is 3.02. The number of hydrogen-bond donors (Lipinski definition) is 2. The van der Waals surface area contributed by atoms with Crippen molar-refractivity contribution in [2.24, 2.45) is 0 Å². The van der Waals surface area contributed by atoms with Crippen molar-refractivity contribution in [3.05, 3.63) is 23.4 Å². The second-order valence-electron chi connectivity index (χ2n) is 5.87. The van der Waals surface area contributed by atoms with Gasteiger partial charge in [-0.15, -0.1) is 0 Å². The van der Waals surface area contributed by atoms with Crippen molar-refractivity contribution in [1.82, 2.24) is 10.3 Å². The van der Waals surface area contributed by atoms with Gasteiger partial charge in [-0.05, 0) is 25.0 Å². The highest BCUT2D eigenvalue weighted by molar-refractivity contribution is 5.95. The number of carbonyl (C=O) groups is 1. The van der Waals surface area contributed by atoms with Gasteiger partial charge in [0, 0.05) is 29.8 Å². The molecule has 1 aliphatic carbocycles. The molecule has 2 N–H and O–H groups in total. The van der Waals surface area contributed by atoms with E-state index in [4.69, 9.17) is 0 Å². The molecular formula is C14H21N3O. The highest BCUT2D eigenvalue weighted by atomic mass is 16.1. The molecule has 0 aromatic carbocycles. The van der Waals surface area contributed by atoms with E-state index in [9.17, 15) is 4.79 Å². The molecule has 0 spiro atoms. The highest BCUT2D eigenvalue weighted by Gasteiger charge is 2.25. The average molecular weight is 247 g/mol. The molecule has 98 valence electrons. The molecule has 1 heterocycles. The van der Waals surface area contributed by atoms with Crippen molar-refractivity contribution in [1.29, 1.82) is 0 Å². The van der Waals surface area contributed by atoms with Gasteiger partial charge in [-0.3, -0.25) is 4.79 Å². The van der Waals surface area contributed by atoms with E-state index in [1.165, 1.54) is 0 Å². The van der Waals surface area contributed by atoms with E-state index in [-0.39, 0.29) is 11.3 Å². The maximum absolute atomic E-state index is 12.1. The van der Waals surface area contributed by atoms with Crippen LogP contribution in [0.25, 0.3) is 0 Å². The molecule has 18 heavy (non-hydrogen) atoms. The van der Waals surface area contributed by atoms with Crippen LogP contribution in [0.15, 0.2) is 12.1 Å². The highest BCUT2D eigenvalue weighted by Crippen LogP contribution is 2.24. The van der Waals surface area contributed by atoms with Gasteiger partial charge < -0.3 is 10.6 Å². The van der Waals surface area contributed by atoms with Gasteiger partial charge in [0.15, 0.2) is 0 Å². The summed E-state index contributed by atoms with van der Waals surface area (Å²) in [5.74, 6) is 0.741. The van der Waals surface area contributed by atoms with Crippen LogP contribution in [0.5, 0.6) is 0 Å². The van der Waals surface area contributed by atoms with Gasteiger partial charge in [0.05, 0.1) is 0 Å². The van der Waals surface area contributed by atoms with E-state index in [1.54, 1.807) is 6.07 Å². The van der Waals surface area contributed by atoms with Gasteiger partial charge in [-0.1, -0.05) is 20.8 Å². The number of nitrogens with one attached hydrogen (secondary N) is 2. The molecule has 0 atom stereocenters. The molecule has 4 nitrogen and oxygen atoms in total. The first-order valence-corrected chi connectivity index (χ1v) is 6.41. The molecule has 0 radical (unpaired) electrons. The van der Waals surface area contributed by atoms with Gasteiger partial charge in [0.2, 0.25) is 0 Å². The lowest BCUT2D eigenvalue weighted by molar-refractivity contribution is 0.0951. The monoisotopic (exact) mass is 247 g/mol. The molecular weight excluding hydrogens is 226 g/mol. The molecule has 1 aromatic heterocycles. The molecule has 0 saturated heterocycles. The Hall–Kier alpha value is -1.58. The second-order valence-corrected chi connectivity index (χ2v) is 5.87. The smallest absolute Gasteiger partial charge is 0.251 e. The fraction of sp³-hybridized carbons (Fsp3) is 0.571. The summed E-state index contributed by atoms with van der Waals surface area (Å²) in [6, 6.07) is 4.06. The summed E-state index contributed by atoms with van der Waals surface area (Å²) in [5.41, 5.74) is 1.54. The summed E-state index contributed by atoms with van der Waals surface area (Å²) in [6.45, 7) is 6.28. The summed E-state index contributed by atoms with van der Waals surface area (Å²) >= 11 is 0. The number of rotatable bonds is 3. The molecule has 1 fully saturated rings. The second kappa shape index (κ2) is 4.59. The summed E-state index contributed by atoms with van der Waals surface area (Å²) in [4.78, 5) is 16.6. The van der Waals surface area contributed by atoms with E-state index in [0.29, 0.717) is 11.6 Å². The Labute approximate surface area is 108 Å². The third-order valence-corrected chi connectivity index (χ3v) is 3.02. The Morgan fingerprint density at radius 3 is 2.50 bits per heavy atom. The fourth-order valence-corrected chi connectivity index (χ4v) is 1.67. The average Bonchev–Trinajstić information content (AvgIpc) is 3.11. The van der Waals surface area contributed by atoms with E-state index in [0.717, 1.165) is 24.4 Å². The molecule has 4 heteroatoms. The summed E-state index contributed by atoms with van der Waals surface area (Å²) in [7, 11) is 1.82. The Balaban J connectivity index is 2.30. The zero-order valence-electron chi connectivity index (χ0n) is 11.5. The van der Waals surface area contributed by atoms with E-state index >= 15 is 0 Å². The standard InChI is InChI=1S/C14H21N3O/c1-14(2,3)11-7-9(8-12(15-4)17-11)13(18)16-10-5-6-10/h7-8,10H,5-6H2,1-4H3,(H,15,17)(H,16,18). The van der Waals surface area contributed by atoms with Gasteiger partial charge in [-0.25, -0.2) is 4.98 Å². The maximum atomic E-state index is 12.1. The lowest BCUT2D eigenvalue weighted by Crippen LogP contribution is -2.26. The summed E-state index contributed by atoms with van der Waals surface area (Å²) in [5, 5.41) is 6.02. The number of pyridine rings is 1. The van der Waals surface area contributed by atoms with Crippen molar-refractivity contribution >= 4 is 11.7 Å². The van der Waals surface area contributed by atoms with Crippen LogP contribution in [-0.2, 0) is 5.41 Å². The Bertz CT molecular complexity index is 459. The number of anilines is 1. The van der Waals surface area contributed by atoms with Gasteiger partial charge in [0.1, 0.15) is 5.82 Å².